The highest BCUT2D eigenvalue weighted by molar-refractivity contribution is 5.96. The number of H-pyrrole nitrogens is 1. The van der Waals surface area contributed by atoms with Crippen LogP contribution in [0.2, 0.25) is 0 Å². The fourth-order valence-electron chi connectivity index (χ4n) is 5.26. The molecule has 0 radical (unpaired) electrons. The molecule has 3 saturated heterocycles. The second-order valence-electron chi connectivity index (χ2n) is 8.59. The Morgan fingerprint density at radius 2 is 2.10 bits per heavy atom. The van der Waals surface area contributed by atoms with Crippen LogP contribution in [0.3, 0.4) is 0 Å². The number of hydrogen-bond donors (Lipinski definition) is 2. The summed E-state index contributed by atoms with van der Waals surface area (Å²) in [6.07, 6.45) is 3.92. The highest BCUT2D eigenvalue weighted by Gasteiger charge is 2.39. The van der Waals surface area contributed by atoms with Crippen molar-refractivity contribution < 1.29 is 4.74 Å². The van der Waals surface area contributed by atoms with Crippen molar-refractivity contribution in [3.63, 3.8) is 0 Å². The number of nitrogens with zero attached hydrogens (tertiary/aromatic N) is 7. The lowest BCUT2D eigenvalue weighted by Crippen LogP contribution is -2.50. The first-order valence-electron chi connectivity index (χ1n) is 10.9. The molecule has 6 rings (SSSR count). The molecule has 0 aromatic carbocycles. The van der Waals surface area contributed by atoms with Gasteiger partial charge in [-0.25, -0.2) is 4.98 Å². The topological polar surface area (TPSA) is 111 Å². The molecular formula is C21H25N9O. The van der Waals surface area contributed by atoms with Gasteiger partial charge < -0.3 is 19.9 Å². The van der Waals surface area contributed by atoms with Crippen LogP contribution in [0.4, 0.5) is 11.5 Å². The van der Waals surface area contributed by atoms with E-state index >= 15 is 0 Å². The Bertz CT molecular complexity index is 1130. The summed E-state index contributed by atoms with van der Waals surface area (Å²) < 4.78 is 7.51. The third-order valence-electron chi connectivity index (χ3n) is 6.74. The van der Waals surface area contributed by atoms with Gasteiger partial charge in [-0.05, 0) is 19.8 Å². The molecule has 2 unspecified atom stereocenters. The third-order valence-corrected chi connectivity index (χ3v) is 6.74. The van der Waals surface area contributed by atoms with E-state index in [1.165, 1.54) is 0 Å². The lowest BCUT2D eigenvalue weighted by molar-refractivity contribution is 0.0902. The van der Waals surface area contributed by atoms with E-state index in [0.717, 1.165) is 62.6 Å². The molecule has 3 aliphatic rings. The lowest BCUT2D eigenvalue weighted by Gasteiger charge is -2.38. The van der Waals surface area contributed by atoms with Crippen LogP contribution in [-0.4, -0.2) is 75.9 Å². The quantitative estimate of drug-likeness (QED) is 0.651. The standard InChI is InChI=1S/C21H25N9O/c1-13-10-23-6-7-28(13)17-8-19(29-14-2-3-15(29)12-31-11-14)25-21-20(17)16(9-22)27-30(21)18-4-5-24-26-18/h4-5,8,13-15,23H,2-3,6-7,10-12H2,1H3,(H,24,26)/t13-,14?,15?/m1/s1. The fraction of sp³-hybridized carbons (Fsp3) is 0.524. The zero-order valence-corrected chi connectivity index (χ0v) is 17.5. The van der Waals surface area contributed by atoms with E-state index < -0.39 is 0 Å². The molecule has 0 spiro atoms. The van der Waals surface area contributed by atoms with Crippen LogP contribution in [0.1, 0.15) is 25.5 Å². The second kappa shape index (κ2) is 7.21. The number of aromatic nitrogens is 5. The number of rotatable bonds is 3. The fourth-order valence-corrected chi connectivity index (χ4v) is 5.26. The van der Waals surface area contributed by atoms with E-state index in [9.17, 15) is 5.26 Å². The first kappa shape index (κ1) is 18.6. The highest BCUT2D eigenvalue weighted by atomic mass is 16.5. The molecule has 10 nitrogen and oxygen atoms in total. The zero-order valence-electron chi connectivity index (χ0n) is 17.5. The maximum atomic E-state index is 9.91. The predicted molar refractivity (Wildman–Crippen MR) is 116 cm³/mol. The average molecular weight is 419 g/mol. The number of nitriles is 1. The summed E-state index contributed by atoms with van der Waals surface area (Å²) in [6, 6.07) is 7.29. The normalized spacial score (nSPS) is 25.9. The van der Waals surface area contributed by atoms with Gasteiger partial charge in [0.1, 0.15) is 11.9 Å². The molecule has 0 amide bonds. The molecule has 31 heavy (non-hydrogen) atoms. The van der Waals surface area contributed by atoms with Crippen LogP contribution in [0.5, 0.6) is 0 Å². The van der Waals surface area contributed by atoms with Gasteiger partial charge in [-0.2, -0.15) is 20.1 Å². The Kier molecular flexibility index (Phi) is 4.33. The minimum absolute atomic E-state index is 0.302. The second-order valence-corrected chi connectivity index (χ2v) is 8.59. The minimum atomic E-state index is 0.302. The summed E-state index contributed by atoms with van der Waals surface area (Å²) in [4.78, 5) is 9.88. The van der Waals surface area contributed by atoms with Gasteiger partial charge in [-0.15, -0.1) is 0 Å². The summed E-state index contributed by atoms with van der Waals surface area (Å²) in [5.41, 5.74) is 2.10. The molecule has 3 fully saturated rings. The number of anilines is 2. The number of ether oxygens (including phenoxy) is 1. The van der Waals surface area contributed by atoms with Gasteiger partial charge in [0.2, 0.25) is 0 Å². The molecule has 3 atom stereocenters. The monoisotopic (exact) mass is 419 g/mol. The number of aromatic amines is 1. The predicted octanol–water partition coefficient (Wildman–Crippen LogP) is 1.18. The summed E-state index contributed by atoms with van der Waals surface area (Å²) in [7, 11) is 0. The van der Waals surface area contributed by atoms with Gasteiger partial charge in [-0.1, -0.05) is 0 Å². The molecule has 3 aliphatic heterocycles. The van der Waals surface area contributed by atoms with Crippen LogP contribution < -0.4 is 15.1 Å². The SMILES string of the molecule is C[C@@H]1CNCCN1c1cc(N2C3CCC2COC3)nc2c1c(C#N)nn2-c1ccn[nH]1. The Morgan fingerprint density at radius 1 is 1.26 bits per heavy atom. The van der Waals surface area contributed by atoms with Gasteiger partial charge in [-0.3, -0.25) is 5.10 Å². The van der Waals surface area contributed by atoms with Crippen molar-refractivity contribution in [2.45, 2.75) is 37.9 Å². The lowest BCUT2D eigenvalue weighted by atomic mass is 10.1. The maximum Gasteiger partial charge on any atom is 0.174 e. The van der Waals surface area contributed by atoms with Crippen molar-refractivity contribution in [2.75, 3.05) is 42.6 Å². The van der Waals surface area contributed by atoms with E-state index in [1.54, 1.807) is 10.9 Å². The van der Waals surface area contributed by atoms with Crippen LogP contribution in [0.15, 0.2) is 18.3 Å². The van der Waals surface area contributed by atoms with Gasteiger partial charge in [0.15, 0.2) is 17.2 Å². The molecule has 6 heterocycles. The van der Waals surface area contributed by atoms with Crippen LogP contribution in [-0.2, 0) is 4.74 Å². The smallest absolute Gasteiger partial charge is 0.174 e. The van der Waals surface area contributed by atoms with Crippen LogP contribution in [0, 0.1) is 11.3 Å². The molecule has 2 bridgehead atoms. The number of nitrogens with one attached hydrogen (secondary N) is 2. The van der Waals surface area contributed by atoms with E-state index in [1.807, 2.05) is 6.07 Å². The van der Waals surface area contributed by atoms with Crippen molar-refractivity contribution >= 4 is 22.5 Å². The Balaban J connectivity index is 1.60. The van der Waals surface area contributed by atoms with E-state index in [0.29, 0.717) is 35.3 Å². The van der Waals surface area contributed by atoms with Crippen molar-refractivity contribution in [3.8, 4) is 11.9 Å². The summed E-state index contributed by atoms with van der Waals surface area (Å²) >= 11 is 0. The third kappa shape index (κ3) is 2.88. The molecule has 2 N–H and O–H groups in total. The highest BCUT2D eigenvalue weighted by Crippen LogP contribution is 2.39. The molecule has 0 aliphatic carbocycles. The van der Waals surface area contributed by atoms with Crippen molar-refractivity contribution in [1.29, 1.82) is 5.26 Å². The number of hydrogen-bond acceptors (Lipinski definition) is 8. The maximum absolute atomic E-state index is 9.91. The van der Waals surface area contributed by atoms with Crippen LogP contribution in [0.25, 0.3) is 16.9 Å². The van der Waals surface area contributed by atoms with E-state index in [2.05, 4.69) is 49.5 Å². The number of piperazine rings is 1. The first-order chi connectivity index (χ1) is 15.2. The van der Waals surface area contributed by atoms with Gasteiger partial charge in [0.25, 0.3) is 0 Å². The zero-order chi connectivity index (χ0) is 20.9. The van der Waals surface area contributed by atoms with E-state index in [-0.39, 0.29) is 0 Å². The summed E-state index contributed by atoms with van der Waals surface area (Å²) in [5, 5.41) is 25.8. The molecule has 3 aromatic rings. The molecular weight excluding hydrogens is 394 g/mol. The summed E-state index contributed by atoms with van der Waals surface area (Å²) in [6.45, 7) is 6.36. The summed E-state index contributed by atoms with van der Waals surface area (Å²) in [5.74, 6) is 1.63. The first-order valence-corrected chi connectivity index (χ1v) is 10.9. The Labute approximate surface area is 179 Å². The van der Waals surface area contributed by atoms with Gasteiger partial charge in [0.05, 0.1) is 42.6 Å². The largest absolute Gasteiger partial charge is 0.377 e. The molecule has 0 saturated carbocycles. The molecule has 10 heteroatoms. The average Bonchev–Trinajstić information content (AvgIpc) is 3.50. The minimum Gasteiger partial charge on any atom is -0.377 e. The molecule has 160 valence electrons. The van der Waals surface area contributed by atoms with Crippen molar-refractivity contribution in [1.82, 2.24) is 30.3 Å². The number of fused-ring (bicyclic) bond motifs is 3. The number of morpholine rings is 1. The van der Waals surface area contributed by atoms with Gasteiger partial charge >= 0.3 is 0 Å². The van der Waals surface area contributed by atoms with Crippen LogP contribution >= 0.6 is 0 Å². The number of pyridine rings is 1. The Hall–Kier alpha value is -3.16. The van der Waals surface area contributed by atoms with Crippen molar-refractivity contribution in [2.24, 2.45) is 0 Å². The molecule has 3 aromatic heterocycles. The van der Waals surface area contributed by atoms with Gasteiger partial charge in [0, 0.05) is 37.8 Å². The Morgan fingerprint density at radius 3 is 2.81 bits per heavy atom. The van der Waals surface area contributed by atoms with E-state index in [4.69, 9.17) is 9.72 Å². The van der Waals surface area contributed by atoms with Crippen molar-refractivity contribution in [3.05, 3.63) is 24.0 Å².